The Labute approximate surface area is 218 Å². The predicted octanol–water partition coefficient (Wildman–Crippen LogP) is 5.12. The molecule has 6 nitrogen and oxygen atoms in total. The van der Waals surface area contributed by atoms with E-state index in [1.165, 1.54) is 16.9 Å². The molecule has 36 heavy (non-hydrogen) atoms. The van der Waals surface area contributed by atoms with Crippen molar-refractivity contribution >= 4 is 44.1 Å². The van der Waals surface area contributed by atoms with Crippen LogP contribution in [0.15, 0.2) is 71.9 Å². The monoisotopic (exact) mass is 515 g/mol. The van der Waals surface area contributed by atoms with E-state index in [-0.39, 0.29) is 5.56 Å². The van der Waals surface area contributed by atoms with E-state index in [0.717, 1.165) is 65.1 Å². The molecule has 0 spiro atoms. The SMILES string of the molecule is CN1CCN(Cc2cnc3c(Cn4cnc5cc(-c6ccc(Cl)cc6)sc5c4=O)cccc3c2)CC1. The number of para-hydroxylation sites is 1. The average Bonchev–Trinajstić information content (AvgIpc) is 3.33. The Morgan fingerprint density at radius 3 is 2.58 bits per heavy atom. The Morgan fingerprint density at radius 1 is 0.972 bits per heavy atom. The minimum absolute atomic E-state index is 0.0334. The maximum atomic E-state index is 13.3. The zero-order valence-corrected chi connectivity index (χ0v) is 21.6. The van der Waals surface area contributed by atoms with Gasteiger partial charge in [0.25, 0.3) is 5.56 Å². The Bertz CT molecular complexity index is 1600. The number of benzene rings is 2. The molecule has 182 valence electrons. The number of hydrogen-bond donors (Lipinski definition) is 0. The van der Waals surface area contributed by atoms with E-state index >= 15 is 0 Å². The van der Waals surface area contributed by atoms with E-state index in [0.29, 0.717) is 16.3 Å². The molecule has 0 N–H and O–H groups in total. The largest absolute Gasteiger partial charge is 0.304 e. The van der Waals surface area contributed by atoms with Gasteiger partial charge in [0.2, 0.25) is 0 Å². The second-order valence-corrected chi connectivity index (χ2v) is 10.9. The summed E-state index contributed by atoms with van der Waals surface area (Å²) in [7, 11) is 2.17. The van der Waals surface area contributed by atoms with Crippen LogP contribution in [0.2, 0.25) is 5.02 Å². The van der Waals surface area contributed by atoms with E-state index < -0.39 is 0 Å². The Hall–Kier alpha value is -3.10. The van der Waals surface area contributed by atoms with Crippen LogP contribution in [0.4, 0.5) is 0 Å². The third-order valence-corrected chi connectivity index (χ3v) is 8.24. The summed E-state index contributed by atoms with van der Waals surface area (Å²) in [5.74, 6) is 0. The lowest BCUT2D eigenvalue weighted by atomic mass is 10.1. The van der Waals surface area contributed by atoms with Crippen LogP contribution >= 0.6 is 22.9 Å². The first-order valence-electron chi connectivity index (χ1n) is 12.1. The molecule has 0 bridgehead atoms. The maximum Gasteiger partial charge on any atom is 0.271 e. The van der Waals surface area contributed by atoms with Gasteiger partial charge in [0.15, 0.2) is 0 Å². The van der Waals surface area contributed by atoms with Gasteiger partial charge in [-0.15, -0.1) is 11.3 Å². The van der Waals surface area contributed by atoms with E-state index in [2.05, 4.69) is 34.0 Å². The van der Waals surface area contributed by atoms with E-state index in [4.69, 9.17) is 16.6 Å². The lowest BCUT2D eigenvalue weighted by Gasteiger charge is -2.32. The number of rotatable bonds is 5. The molecular formula is C28H26ClN5OS. The molecular weight excluding hydrogens is 490 g/mol. The van der Waals surface area contributed by atoms with Gasteiger partial charge in [-0.2, -0.15) is 0 Å². The summed E-state index contributed by atoms with van der Waals surface area (Å²) >= 11 is 7.50. The molecule has 5 aromatic rings. The number of pyridine rings is 1. The minimum Gasteiger partial charge on any atom is -0.304 e. The molecule has 3 aromatic heterocycles. The van der Waals surface area contributed by atoms with Crippen LogP contribution in [-0.2, 0) is 13.1 Å². The molecule has 0 unspecified atom stereocenters. The number of piperazine rings is 1. The molecule has 1 fully saturated rings. The first kappa shape index (κ1) is 23.3. The van der Waals surface area contributed by atoms with Gasteiger partial charge in [0.05, 0.1) is 23.9 Å². The summed E-state index contributed by atoms with van der Waals surface area (Å²) in [6.07, 6.45) is 3.62. The second kappa shape index (κ2) is 9.75. The fraction of sp³-hybridized carbons (Fsp3) is 0.250. The van der Waals surface area contributed by atoms with Crippen LogP contribution in [0, 0.1) is 0 Å². The van der Waals surface area contributed by atoms with Crippen molar-refractivity contribution in [3.8, 4) is 10.4 Å². The summed E-state index contributed by atoms with van der Waals surface area (Å²) in [6.45, 7) is 5.70. The quantitative estimate of drug-likeness (QED) is 0.325. The fourth-order valence-corrected chi connectivity index (χ4v) is 5.94. The normalized spacial score (nSPS) is 15.2. The lowest BCUT2D eigenvalue weighted by Crippen LogP contribution is -2.43. The highest BCUT2D eigenvalue weighted by atomic mass is 35.5. The summed E-state index contributed by atoms with van der Waals surface area (Å²) in [5.41, 5.74) is 4.87. The lowest BCUT2D eigenvalue weighted by molar-refractivity contribution is 0.148. The number of fused-ring (bicyclic) bond motifs is 2. The number of aromatic nitrogens is 3. The van der Waals surface area contributed by atoms with Crippen LogP contribution in [0.1, 0.15) is 11.1 Å². The molecule has 6 rings (SSSR count). The van der Waals surface area contributed by atoms with Crippen LogP contribution in [0.3, 0.4) is 0 Å². The number of nitrogens with zero attached hydrogens (tertiary/aromatic N) is 5. The topological polar surface area (TPSA) is 54.3 Å². The van der Waals surface area contributed by atoms with Gasteiger partial charge >= 0.3 is 0 Å². The van der Waals surface area contributed by atoms with Gasteiger partial charge in [0.1, 0.15) is 4.70 Å². The Morgan fingerprint density at radius 2 is 1.78 bits per heavy atom. The van der Waals surface area contributed by atoms with Crippen LogP contribution in [0.5, 0.6) is 0 Å². The van der Waals surface area contributed by atoms with Crippen molar-refractivity contribution in [3.05, 3.63) is 93.6 Å². The zero-order chi connectivity index (χ0) is 24.6. The third kappa shape index (κ3) is 4.67. The molecule has 0 saturated carbocycles. The summed E-state index contributed by atoms with van der Waals surface area (Å²) in [5, 5.41) is 1.79. The highest BCUT2D eigenvalue weighted by molar-refractivity contribution is 7.22. The highest BCUT2D eigenvalue weighted by Crippen LogP contribution is 2.31. The first-order chi connectivity index (χ1) is 17.5. The molecule has 1 saturated heterocycles. The Kier molecular flexibility index (Phi) is 6.31. The van der Waals surface area contributed by atoms with E-state index in [9.17, 15) is 4.79 Å². The maximum absolute atomic E-state index is 13.3. The smallest absolute Gasteiger partial charge is 0.271 e. The molecule has 2 aromatic carbocycles. The Balaban J connectivity index is 1.27. The highest BCUT2D eigenvalue weighted by Gasteiger charge is 2.15. The standard InChI is InChI=1S/C28H26ClN5OS/c1-32-9-11-33(12-10-32)16-19-13-21-3-2-4-22(26(21)30-15-19)17-34-18-31-24-14-25(36-27(24)28(34)35)20-5-7-23(29)8-6-20/h2-8,13-15,18H,9-12,16-17H2,1H3. The van der Waals surface area contributed by atoms with Gasteiger partial charge in [-0.05, 0) is 48.0 Å². The predicted molar refractivity (Wildman–Crippen MR) is 148 cm³/mol. The van der Waals surface area contributed by atoms with Crippen LogP contribution < -0.4 is 5.56 Å². The van der Waals surface area contributed by atoms with Gasteiger partial charge in [-0.25, -0.2) is 4.98 Å². The van der Waals surface area contributed by atoms with Gasteiger partial charge in [0, 0.05) is 54.2 Å². The van der Waals surface area contributed by atoms with Crippen molar-refractivity contribution in [3.63, 3.8) is 0 Å². The number of thiophene rings is 1. The molecule has 4 heterocycles. The molecule has 1 aliphatic heterocycles. The summed E-state index contributed by atoms with van der Waals surface area (Å²) in [6, 6.07) is 18.0. The average molecular weight is 516 g/mol. The van der Waals surface area contributed by atoms with Gasteiger partial charge in [-0.1, -0.05) is 41.9 Å². The number of hydrogen-bond acceptors (Lipinski definition) is 6. The van der Waals surface area contributed by atoms with Crippen molar-refractivity contribution in [2.24, 2.45) is 0 Å². The number of likely N-dealkylation sites (N-methyl/N-ethyl adjacent to an activating group) is 1. The summed E-state index contributed by atoms with van der Waals surface area (Å²) < 4.78 is 2.34. The van der Waals surface area contributed by atoms with E-state index in [1.807, 2.05) is 48.7 Å². The van der Waals surface area contributed by atoms with Crippen molar-refractivity contribution < 1.29 is 0 Å². The van der Waals surface area contributed by atoms with Gasteiger partial charge in [-0.3, -0.25) is 19.2 Å². The van der Waals surface area contributed by atoms with Crippen molar-refractivity contribution in [2.45, 2.75) is 13.1 Å². The second-order valence-electron chi connectivity index (χ2n) is 9.42. The third-order valence-electron chi connectivity index (χ3n) is 6.83. The van der Waals surface area contributed by atoms with Crippen LogP contribution in [0.25, 0.3) is 31.6 Å². The van der Waals surface area contributed by atoms with Crippen molar-refractivity contribution in [1.29, 1.82) is 0 Å². The van der Waals surface area contributed by atoms with Crippen molar-refractivity contribution in [1.82, 2.24) is 24.3 Å². The summed E-state index contributed by atoms with van der Waals surface area (Å²) in [4.78, 5) is 28.6. The molecule has 0 amide bonds. The molecule has 0 aliphatic carbocycles. The van der Waals surface area contributed by atoms with Gasteiger partial charge < -0.3 is 4.90 Å². The first-order valence-corrected chi connectivity index (χ1v) is 13.3. The van der Waals surface area contributed by atoms with Crippen LogP contribution in [-0.4, -0.2) is 57.6 Å². The van der Waals surface area contributed by atoms with Crippen molar-refractivity contribution in [2.75, 3.05) is 33.2 Å². The molecule has 8 heteroatoms. The zero-order valence-electron chi connectivity index (χ0n) is 20.0. The molecule has 1 aliphatic rings. The molecule has 0 atom stereocenters. The van der Waals surface area contributed by atoms with E-state index in [1.54, 1.807) is 10.9 Å². The fourth-order valence-electron chi connectivity index (χ4n) is 4.75. The minimum atomic E-state index is -0.0334. The number of halogens is 1. The molecule has 0 radical (unpaired) electrons.